The number of nitrogen functional groups attached to an aromatic ring is 1. The van der Waals surface area contributed by atoms with Crippen LogP contribution in [0.3, 0.4) is 0 Å². The number of thioether (sulfide) groups is 1. The fourth-order valence-corrected chi connectivity index (χ4v) is 4.09. The van der Waals surface area contributed by atoms with Crippen LogP contribution in [0.4, 0.5) is 5.69 Å². The molecule has 2 aromatic rings. The quantitative estimate of drug-likeness (QED) is 0.677. The van der Waals surface area contributed by atoms with E-state index in [2.05, 4.69) is 12.1 Å². The Kier molecular flexibility index (Phi) is 5.05. The first-order valence-corrected chi connectivity index (χ1v) is 8.40. The standard InChI is InChI=1S/C15H17NOS2/c1-12-6-5-9-14(15(12)16)19(17)11-10-18-13-7-3-2-4-8-13/h2-9H,10-11,16H2,1H3. The second kappa shape index (κ2) is 6.78. The molecule has 2 aromatic carbocycles. The van der Waals surface area contributed by atoms with Crippen LogP contribution in [0.25, 0.3) is 0 Å². The van der Waals surface area contributed by atoms with Crippen molar-refractivity contribution in [3.05, 3.63) is 54.1 Å². The van der Waals surface area contributed by atoms with Crippen molar-refractivity contribution in [2.24, 2.45) is 0 Å². The molecule has 0 amide bonds. The monoisotopic (exact) mass is 291 g/mol. The molecule has 1 unspecified atom stereocenters. The van der Waals surface area contributed by atoms with E-state index in [4.69, 9.17) is 5.73 Å². The minimum atomic E-state index is -1.02. The molecule has 19 heavy (non-hydrogen) atoms. The molecule has 0 saturated heterocycles. The Hall–Kier alpha value is -1.26. The van der Waals surface area contributed by atoms with Crippen LogP contribution in [-0.2, 0) is 10.8 Å². The summed E-state index contributed by atoms with van der Waals surface area (Å²) < 4.78 is 12.2. The number of para-hydroxylation sites is 1. The predicted octanol–water partition coefficient (Wildman–Crippen LogP) is 3.48. The Morgan fingerprint density at radius 3 is 2.58 bits per heavy atom. The van der Waals surface area contributed by atoms with Gasteiger partial charge in [-0.05, 0) is 30.7 Å². The highest BCUT2D eigenvalue weighted by Gasteiger charge is 2.09. The lowest BCUT2D eigenvalue weighted by Gasteiger charge is -2.08. The number of rotatable bonds is 5. The van der Waals surface area contributed by atoms with Crippen LogP contribution >= 0.6 is 11.8 Å². The first-order valence-electron chi connectivity index (χ1n) is 6.10. The molecule has 0 aliphatic rings. The third-order valence-corrected chi connectivity index (χ3v) is 5.50. The van der Waals surface area contributed by atoms with Crippen LogP contribution in [0.1, 0.15) is 5.56 Å². The molecular formula is C15H17NOS2. The summed E-state index contributed by atoms with van der Waals surface area (Å²) in [5.74, 6) is 1.44. The summed E-state index contributed by atoms with van der Waals surface area (Å²) in [5, 5.41) is 0. The zero-order valence-electron chi connectivity index (χ0n) is 10.8. The molecule has 4 heteroatoms. The van der Waals surface area contributed by atoms with Crippen molar-refractivity contribution in [2.75, 3.05) is 17.2 Å². The van der Waals surface area contributed by atoms with Crippen LogP contribution in [0.15, 0.2) is 58.3 Å². The van der Waals surface area contributed by atoms with Gasteiger partial charge in [-0.1, -0.05) is 30.3 Å². The lowest BCUT2D eigenvalue weighted by atomic mass is 10.2. The number of benzene rings is 2. The zero-order chi connectivity index (χ0) is 13.7. The molecule has 0 radical (unpaired) electrons. The SMILES string of the molecule is Cc1cccc(S(=O)CCSc2ccccc2)c1N. The molecule has 0 saturated carbocycles. The van der Waals surface area contributed by atoms with Crippen LogP contribution < -0.4 is 5.73 Å². The van der Waals surface area contributed by atoms with Gasteiger partial charge in [0.25, 0.3) is 0 Å². The summed E-state index contributed by atoms with van der Waals surface area (Å²) in [6.45, 7) is 1.94. The smallest absolute Gasteiger partial charge is 0.0620 e. The Labute approximate surface area is 120 Å². The van der Waals surface area contributed by atoms with Gasteiger partial charge in [-0.3, -0.25) is 4.21 Å². The zero-order valence-corrected chi connectivity index (χ0v) is 12.5. The minimum Gasteiger partial charge on any atom is -0.398 e. The molecule has 1 atom stereocenters. The molecule has 2 rings (SSSR count). The van der Waals surface area contributed by atoms with Crippen molar-refractivity contribution in [1.82, 2.24) is 0 Å². The Bertz CT molecular complexity index is 570. The molecule has 0 aliphatic carbocycles. The average molecular weight is 291 g/mol. The van der Waals surface area contributed by atoms with Gasteiger partial charge in [-0.2, -0.15) is 0 Å². The number of aryl methyl sites for hydroxylation is 1. The van der Waals surface area contributed by atoms with E-state index in [9.17, 15) is 4.21 Å². The molecule has 0 heterocycles. The van der Waals surface area contributed by atoms with E-state index in [1.54, 1.807) is 11.8 Å². The maximum Gasteiger partial charge on any atom is 0.0620 e. The first kappa shape index (κ1) is 14.2. The van der Waals surface area contributed by atoms with Gasteiger partial charge >= 0.3 is 0 Å². The van der Waals surface area contributed by atoms with Crippen LogP contribution in [-0.4, -0.2) is 15.7 Å². The van der Waals surface area contributed by atoms with Crippen molar-refractivity contribution in [3.8, 4) is 0 Å². The molecule has 0 aliphatic heterocycles. The number of anilines is 1. The van der Waals surface area contributed by atoms with Gasteiger partial charge in [-0.15, -0.1) is 11.8 Å². The average Bonchev–Trinajstić information content (AvgIpc) is 2.43. The topological polar surface area (TPSA) is 43.1 Å². The van der Waals surface area contributed by atoms with Gasteiger partial charge < -0.3 is 5.73 Å². The molecule has 2 nitrogen and oxygen atoms in total. The summed E-state index contributed by atoms with van der Waals surface area (Å²) in [6, 6.07) is 15.8. The van der Waals surface area contributed by atoms with Crippen LogP contribution in [0.5, 0.6) is 0 Å². The molecular weight excluding hydrogens is 274 g/mol. The van der Waals surface area contributed by atoms with Gasteiger partial charge in [0.05, 0.1) is 21.4 Å². The number of hydrogen-bond donors (Lipinski definition) is 1. The number of hydrogen-bond acceptors (Lipinski definition) is 3. The van der Waals surface area contributed by atoms with Crippen LogP contribution in [0, 0.1) is 6.92 Å². The summed E-state index contributed by atoms with van der Waals surface area (Å²) in [4.78, 5) is 1.96. The van der Waals surface area contributed by atoms with Gasteiger partial charge in [-0.25, -0.2) is 0 Å². The number of nitrogens with two attached hydrogens (primary N) is 1. The van der Waals surface area contributed by atoms with E-state index >= 15 is 0 Å². The summed E-state index contributed by atoms with van der Waals surface area (Å²) in [6.07, 6.45) is 0. The highest BCUT2D eigenvalue weighted by Crippen LogP contribution is 2.22. The third-order valence-electron chi connectivity index (χ3n) is 2.81. The van der Waals surface area contributed by atoms with E-state index < -0.39 is 10.8 Å². The van der Waals surface area contributed by atoms with Crippen molar-refractivity contribution in [1.29, 1.82) is 0 Å². The molecule has 0 bridgehead atoms. The summed E-state index contributed by atoms with van der Waals surface area (Å²) in [5.41, 5.74) is 7.61. The van der Waals surface area contributed by atoms with E-state index in [1.165, 1.54) is 4.90 Å². The van der Waals surface area contributed by atoms with Gasteiger partial charge in [0.15, 0.2) is 0 Å². The molecule has 0 aromatic heterocycles. The lowest BCUT2D eigenvalue weighted by molar-refractivity contribution is 0.684. The highest BCUT2D eigenvalue weighted by atomic mass is 32.2. The third kappa shape index (κ3) is 3.85. The Morgan fingerprint density at radius 1 is 1.11 bits per heavy atom. The van der Waals surface area contributed by atoms with E-state index in [0.717, 1.165) is 16.2 Å². The maximum absolute atomic E-state index is 12.2. The highest BCUT2D eigenvalue weighted by molar-refractivity contribution is 8.00. The first-order chi connectivity index (χ1) is 9.18. The van der Waals surface area contributed by atoms with Crippen molar-refractivity contribution >= 4 is 28.2 Å². The maximum atomic E-state index is 12.2. The molecule has 0 fully saturated rings. The largest absolute Gasteiger partial charge is 0.398 e. The van der Waals surface area contributed by atoms with E-state index in [1.807, 2.05) is 43.3 Å². The predicted molar refractivity (Wildman–Crippen MR) is 84.0 cm³/mol. The Balaban J connectivity index is 1.93. The van der Waals surface area contributed by atoms with E-state index in [0.29, 0.717) is 11.4 Å². The minimum absolute atomic E-state index is 0.618. The van der Waals surface area contributed by atoms with Gasteiger partial charge in [0.1, 0.15) is 0 Å². The van der Waals surface area contributed by atoms with Crippen LogP contribution in [0.2, 0.25) is 0 Å². The molecule has 100 valence electrons. The lowest BCUT2D eigenvalue weighted by Crippen LogP contribution is -2.05. The van der Waals surface area contributed by atoms with Crippen molar-refractivity contribution in [2.45, 2.75) is 16.7 Å². The van der Waals surface area contributed by atoms with E-state index in [-0.39, 0.29) is 0 Å². The fourth-order valence-electron chi connectivity index (χ4n) is 1.71. The van der Waals surface area contributed by atoms with Gasteiger partial charge in [0, 0.05) is 16.4 Å². The van der Waals surface area contributed by atoms with Crippen molar-refractivity contribution < 1.29 is 4.21 Å². The van der Waals surface area contributed by atoms with Crippen molar-refractivity contribution in [3.63, 3.8) is 0 Å². The van der Waals surface area contributed by atoms with Gasteiger partial charge in [0.2, 0.25) is 0 Å². The summed E-state index contributed by atoms with van der Waals surface area (Å²) >= 11 is 1.72. The molecule has 2 N–H and O–H groups in total. The molecule has 0 spiro atoms. The Morgan fingerprint density at radius 2 is 1.84 bits per heavy atom. The summed E-state index contributed by atoms with van der Waals surface area (Å²) in [7, 11) is -1.02. The second-order valence-electron chi connectivity index (χ2n) is 4.20. The fraction of sp³-hybridized carbons (Fsp3) is 0.200. The normalized spacial score (nSPS) is 12.3. The second-order valence-corrected chi connectivity index (χ2v) is 6.91.